The van der Waals surface area contributed by atoms with Crippen molar-refractivity contribution in [2.45, 2.75) is 0 Å². The fourth-order valence-corrected chi connectivity index (χ4v) is 6.16. The second-order valence-corrected chi connectivity index (χ2v) is 10.9. The highest BCUT2D eigenvalue weighted by Gasteiger charge is 2.19. The van der Waals surface area contributed by atoms with Gasteiger partial charge in [0.1, 0.15) is 0 Å². The second-order valence-electron chi connectivity index (χ2n) is 10.9. The normalized spacial score (nSPS) is 11.3. The van der Waals surface area contributed by atoms with Crippen LogP contribution in [-0.4, -0.2) is 9.55 Å². The molecule has 0 aliphatic heterocycles. The van der Waals surface area contributed by atoms with Gasteiger partial charge >= 0.3 is 0 Å². The quantitative estimate of drug-likeness (QED) is 0.209. The zero-order chi connectivity index (χ0) is 28.6. The number of hydrogen-bond acceptors (Lipinski definition) is 1. The minimum Gasteiger partial charge on any atom is -0.307 e. The number of nitrogens with zero attached hydrogens (tertiary/aromatic N) is 2. The summed E-state index contributed by atoms with van der Waals surface area (Å²) in [6, 6.07) is 58.2. The van der Waals surface area contributed by atoms with Crippen molar-refractivity contribution in [3.8, 4) is 50.3 Å². The van der Waals surface area contributed by atoms with Gasteiger partial charge in [-0.1, -0.05) is 127 Å². The molecule has 6 aromatic carbocycles. The molecule has 2 heterocycles. The Morgan fingerprint density at radius 1 is 0.395 bits per heavy atom. The van der Waals surface area contributed by atoms with Gasteiger partial charge in [-0.3, -0.25) is 4.98 Å². The van der Waals surface area contributed by atoms with E-state index >= 15 is 0 Å². The monoisotopic (exact) mass is 548 g/mol. The third-order valence-electron chi connectivity index (χ3n) is 8.24. The highest BCUT2D eigenvalue weighted by Crippen LogP contribution is 2.42. The first kappa shape index (κ1) is 25.0. The Kier molecular flexibility index (Phi) is 6.16. The van der Waals surface area contributed by atoms with Crippen molar-refractivity contribution in [2.24, 2.45) is 0 Å². The first-order valence-corrected chi connectivity index (χ1v) is 14.6. The lowest BCUT2D eigenvalue weighted by atomic mass is 9.95. The molecule has 0 amide bonds. The van der Waals surface area contributed by atoms with Crippen LogP contribution in [0.3, 0.4) is 0 Å². The molecule has 2 aromatic heterocycles. The molecule has 0 unspecified atom stereocenters. The first-order valence-electron chi connectivity index (χ1n) is 14.6. The van der Waals surface area contributed by atoms with Crippen molar-refractivity contribution < 1.29 is 0 Å². The van der Waals surface area contributed by atoms with Crippen molar-refractivity contribution in [2.75, 3.05) is 0 Å². The molecule has 0 saturated carbocycles. The molecule has 0 spiro atoms. The molecule has 0 bridgehead atoms. The molecule has 0 aliphatic carbocycles. The average Bonchev–Trinajstić information content (AvgIpc) is 3.43. The number of rotatable bonds is 5. The van der Waals surface area contributed by atoms with Crippen LogP contribution in [-0.2, 0) is 0 Å². The molecule has 202 valence electrons. The van der Waals surface area contributed by atoms with Gasteiger partial charge in [-0.15, -0.1) is 0 Å². The predicted molar refractivity (Wildman–Crippen MR) is 180 cm³/mol. The Morgan fingerprint density at radius 2 is 0.953 bits per heavy atom. The summed E-state index contributed by atoms with van der Waals surface area (Å²) in [5.74, 6) is 0. The Labute approximate surface area is 251 Å². The van der Waals surface area contributed by atoms with E-state index in [-0.39, 0.29) is 0 Å². The van der Waals surface area contributed by atoms with Gasteiger partial charge in [-0.2, -0.15) is 0 Å². The number of fused-ring (bicyclic) bond motifs is 3. The van der Waals surface area contributed by atoms with E-state index in [2.05, 4.69) is 162 Å². The van der Waals surface area contributed by atoms with Crippen LogP contribution in [0.2, 0.25) is 0 Å². The number of hydrogen-bond donors (Lipinski definition) is 0. The third kappa shape index (κ3) is 4.50. The summed E-state index contributed by atoms with van der Waals surface area (Å²) in [6.07, 6.45) is 2.01. The standard InChI is InChI=1S/C41H28N2/c1-5-13-29(14-6-1)33-21-24-40-37(25-33)38-27-34(30-15-7-2-8-16-30)26-36(31-17-9-3-10-18-31)41(38)43(40)35-22-23-39(42-28-35)32-19-11-4-12-20-32/h1-28H. The second kappa shape index (κ2) is 10.6. The summed E-state index contributed by atoms with van der Waals surface area (Å²) in [5.41, 5.74) is 12.7. The molecule has 0 atom stereocenters. The minimum atomic E-state index is 0.964. The van der Waals surface area contributed by atoms with E-state index in [0.29, 0.717) is 0 Å². The van der Waals surface area contributed by atoms with Crippen LogP contribution in [0.25, 0.3) is 72.1 Å². The van der Waals surface area contributed by atoms with E-state index in [1.54, 1.807) is 0 Å². The SMILES string of the molecule is c1ccc(-c2ccc3c(c2)c2cc(-c4ccccc4)cc(-c4ccccc4)c2n3-c2ccc(-c3ccccc3)nc2)cc1. The zero-order valence-corrected chi connectivity index (χ0v) is 23.6. The topological polar surface area (TPSA) is 17.8 Å². The van der Waals surface area contributed by atoms with Gasteiger partial charge in [0, 0.05) is 21.9 Å². The molecule has 2 heteroatoms. The Bertz CT molecular complexity index is 2180. The Balaban J connectivity index is 1.45. The van der Waals surface area contributed by atoms with E-state index in [9.17, 15) is 0 Å². The Hall–Kier alpha value is -5.73. The van der Waals surface area contributed by atoms with Crippen LogP contribution < -0.4 is 0 Å². The molecular formula is C41H28N2. The fourth-order valence-electron chi connectivity index (χ4n) is 6.16. The minimum absolute atomic E-state index is 0.964. The molecule has 2 nitrogen and oxygen atoms in total. The van der Waals surface area contributed by atoms with Crippen molar-refractivity contribution in [3.63, 3.8) is 0 Å². The van der Waals surface area contributed by atoms with Crippen LogP contribution in [0, 0.1) is 0 Å². The smallest absolute Gasteiger partial charge is 0.0703 e. The Morgan fingerprint density at radius 3 is 1.56 bits per heavy atom. The molecule has 8 aromatic rings. The van der Waals surface area contributed by atoms with E-state index in [1.807, 2.05) is 12.3 Å². The van der Waals surface area contributed by atoms with Crippen molar-refractivity contribution in [3.05, 3.63) is 170 Å². The summed E-state index contributed by atoms with van der Waals surface area (Å²) in [7, 11) is 0. The number of aromatic nitrogens is 2. The maximum atomic E-state index is 4.93. The lowest BCUT2D eigenvalue weighted by molar-refractivity contribution is 1.14. The maximum absolute atomic E-state index is 4.93. The average molecular weight is 549 g/mol. The van der Waals surface area contributed by atoms with Gasteiger partial charge in [-0.05, 0) is 64.2 Å². The predicted octanol–water partition coefficient (Wildman–Crippen LogP) is 10.8. The zero-order valence-electron chi connectivity index (χ0n) is 23.6. The van der Waals surface area contributed by atoms with Gasteiger partial charge in [0.05, 0.1) is 28.6 Å². The third-order valence-corrected chi connectivity index (χ3v) is 8.24. The molecule has 0 fully saturated rings. The van der Waals surface area contributed by atoms with Gasteiger partial charge < -0.3 is 4.57 Å². The lowest BCUT2D eigenvalue weighted by Crippen LogP contribution is -1.97. The van der Waals surface area contributed by atoms with Crippen LogP contribution in [0.1, 0.15) is 0 Å². The van der Waals surface area contributed by atoms with Gasteiger partial charge in [0.25, 0.3) is 0 Å². The van der Waals surface area contributed by atoms with E-state index < -0.39 is 0 Å². The van der Waals surface area contributed by atoms with E-state index in [4.69, 9.17) is 4.98 Å². The fraction of sp³-hybridized carbons (Fsp3) is 0. The molecule has 0 saturated heterocycles. The summed E-state index contributed by atoms with van der Waals surface area (Å²) in [5, 5.41) is 2.44. The van der Waals surface area contributed by atoms with Crippen LogP contribution >= 0.6 is 0 Å². The van der Waals surface area contributed by atoms with Gasteiger partial charge in [0.15, 0.2) is 0 Å². The van der Waals surface area contributed by atoms with E-state index in [1.165, 1.54) is 49.7 Å². The number of pyridine rings is 1. The first-order chi connectivity index (χ1) is 21.3. The molecule has 8 rings (SSSR count). The van der Waals surface area contributed by atoms with Gasteiger partial charge in [-0.25, -0.2) is 0 Å². The molecule has 0 aliphatic rings. The van der Waals surface area contributed by atoms with Crippen LogP contribution in [0.4, 0.5) is 0 Å². The summed E-state index contributed by atoms with van der Waals surface area (Å²) >= 11 is 0. The molecule has 0 N–H and O–H groups in total. The van der Waals surface area contributed by atoms with E-state index in [0.717, 1.165) is 22.5 Å². The van der Waals surface area contributed by atoms with Crippen molar-refractivity contribution in [1.82, 2.24) is 9.55 Å². The van der Waals surface area contributed by atoms with Crippen LogP contribution in [0.15, 0.2) is 170 Å². The maximum Gasteiger partial charge on any atom is 0.0703 e. The highest BCUT2D eigenvalue weighted by atomic mass is 15.0. The number of benzene rings is 6. The molecule has 0 radical (unpaired) electrons. The largest absolute Gasteiger partial charge is 0.307 e. The summed E-state index contributed by atoms with van der Waals surface area (Å²) < 4.78 is 2.39. The molecular weight excluding hydrogens is 520 g/mol. The van der Waals surface area contributed by atoms with Crippen LogP contribution in [0.5, 0.6) is 0 Å². The van der Waals surface area contributed by atoms with Crippen molar-refractivity contribution >= 4 is 21.8 Å². The van der Waals surface area contributed by atoms with Gasteiger partial charge in [0.2, 0.25) is 0 Å². The van der Waals surface area contributed by atoms with Crippen molar-refractivity contribution in [1.29, 1.82) is 0 Å². The lowest BCUT2D eigenvalue weighted by Gasteiger charge is -2.14. The summed E-state index contributed by atoms with van der Waals surface area (Å²) in [6.45, 7) is 0. The molecule has 43 heavy (non-hydrogen) atoms. The highest BCUT2D eigenvalue weighted by molar-refractivity contribution is 6.16. The summed E-state index contributed by atoms with van der Waals surface area (Å²) in [4.78, 5) is 4.93.